The first-order valence-electron chi connectivity index (χ1n) is 5.16. The molecule has 2 rings (SSSR count). The molecule has 0 aliphatic heterocycles. The van der Waals surface area contributed by atoms with Crippen LogP contribution in [0.1, 0.15) is 0 Å². The lowest BCUT2D eigenvalue weighted by atomic mass is 10.2. The van der Waals surface area contributed by atoms with E-state index in [1.807, 2.05) is 30.5 Å². The van der Waals surface area contributed by atoms with E-state index < -0.39 is 0 Å². The van der Waals surface area contributed by atoms with Crippen LogP contribution in [-0.2, 0) is 0 Å². The number of rotatable bonds is 3. The average Bonchev–Trinajstić information content (AvgIpc) is 2.35. The van der Waals surface area contributed by atoms with E-state index in [0.717, 1.165) is 5.75 Å². The molecule has 0 fully saturated rings. The molecule has 0 atom stereocenters. The summed E-state index contributed by atoms with van der Waals surface area (Å²) in [6, 6.07) is 13.1. The van der Waals surface area contributed by atoms with Crippen molar-refractivity contribution in [1.29, 1.82) is 0 Å². The zero-order chi connectivity index (χ0) is 12.3. The van der Waals surface area contributed by atoms with Crippen LogP contribution in [0.2, 0.25) is 0 Å². The molecule has 0 amide bonds. The Morgan fingerprint density at radius 2 is 1.53 bits per heavy atom. The van der Waals surface area contributed by atoms with Crippen molar-refractivity contribution in [3.05, 3.63) is 42.5 Å². The minimum absolute atomic E-state index is 0.531. The summed E-state index contributed by atoms with van der Waals surface area (Å²) < 4.78 is 5.67. The summed E-state index contributed by atoms with van der Waals surface area (Å²) in [6.45, 7) is 0. The first kappa shape index (κ1) is 11.7. The van der Waals surface area contributed by atoms with Gasteiger partial charge in [0.2, 0.25) is 0 Å². The highest BCUT2D eigenvalue weighted by atomic mass is 32.2. The van der Waals surface area contributed by atoms with Gasteiger partial charge in [0.1, 0.15) is 11.5 Å². The van der Waals surface area contributed by atoms with E-state index in [-0.39, 0.29) is 0 Å². The molecule has 88 valence electrons. The van der Waals surface area contributed by atoms with Crippen molar-refractivity contribution >= 4 is 23.1 Å². The Morgan fingerprint density at radius 1 is 0.882 bits per heavy atom. The normalized spacial score (nSPS) is 10.2. The summed E-state index contributed by atoms with van der Waals surface area (Å²) in [5.41, 5.74) is 12.4. The quantitative estimate of drug-likeness (QED) is 0.644. The van der Waals surface area contributed by atoms with Gasteiger partial charge in [0.25, 0.3) is 0 Å². The Labute approximate surface area is 105 Å². The smallest absolute Gasteiger partial charge is 0.129 e. The van der Waals surface area contributed by atoms with Crippen LogP contribution in [0.3, 0.4) is 0 Å². The maximum atomic E-state index is 5.71. The molecule has 0 unspecified atom stereocenters. The van der Waals surface area contributed by atoms with Gasteiger partial charge in [-0.1, -0.05) is 0 Å². The zero-order valence-electron chi connectivity index (χ0n) is 9.51. The molecule has 0 heterocycles. The van der Waals surface area contributed by atoms with E-state index in [9.17, 15) is 0 Å². The van der Waals surface area contributed by atoms with Crippen molar-refractivity contribution in [3.8, 4) is 11.5 Å². The molecule has 0 bridgehead atoms. The van der Waals surface area contributed by atoms with Gasteiger partial charge in [0.15, 0.2) is 0 Å². The highest BCUT2D eigenvalue weighted by molar-refractivity contribution is 7.98. The van der Waals surface area contributed by atoms with Crippen molar-refractivity contribution in [2.75, 3.05) is 17.7 Å². The predicted octanol–water partition coefficient (Wildman–Crippen LogP) is 3.37. The van der Waals surface area contributed by atoms with Crippen LogP contribution in [-0.4, -0.2) is 6.26 Å². The maximum absolute atomic E-state index is 5.71. The van der Waals surface area contributed by atoms with Crippen LogP contribution in [0, 0.1) is 0 Å². The van der Waals surface area contributed by atoms with Crippen LogP contribution >= 0.6 is 11.8 Å². The van der Waals surface area contributed by atoms with E-state index in [1.54, 1.807) is 30.0 Å². The zero-order valence-corrected chi connectivity index (χ0v) is 10.3. The number of nitrogens with two attached hydrogens (primary N) is 2. The Morgan fingerprint density at radius 3 is 2.12 bits per heavy atom. The van der Waals surface area contributed by atoms with Gasteiger partial charge in [0, 0.05) is 11.0 Å². The lowest BCUT2D eigenvalue weighted by Crippen LogP contribution is -1.94. The van der Waals surface area contributed by atoms with Crippen molar-refractivity contribution in [1.82, 2.24) is 0 Å². The summed E-state index contributed by atoms with van der Waals surface area (Å²) in [7, 11) is 0. The van der Waals surface area contributed by atoms with Crippen molar-refractivity contribution < 1.29 is 4.74 Å². The molecule has 2 aromatic rings. The average molecular weight is 246 g/mol. The highest BCUT2D eigenvalue weighted by Crippen LogP contribution is 2.27. The Bertz CT molecular complexity index is 511. The topological polar surface area (TPSA) is 61.3 Å². The SMILES string of the molecule is CSc1ccc(Oc2ccc(N)c(N)c2)cc1. The molecule has 0 aromatic heterocycles. The number of thioether (sulfide) groups is 1. The fourth-order valence-electron chi connectivity index (χ4n) is 1.40. The third-order valence-corrected chi connectivity index (χ3v) is 3.10. The van der Waals surface area contributed by atoms with E-state index in [2.05, 4.69) is 0 Å². The number of hydrogen-bond donors (Lipinski definition) is 2. The van der Waals surface area contributed by atoms with Gasteiger partial charge in [-0.05, 0) is 42.7 Å². The Hall–Kier alpha value is -1.81. The van der Waals surface area contributed by atoms with Crippen molar-refractivity contribution in [2.24, 2.45) is 0 Å². The molecule has 4 heteroatoms. The molecule has 0 saturated heterocycles. The molecular formula is C13H14N2OS. The van der Waals surface area contributed by atoms with E-state index in [1.165, 1.54) is 4.90 Å². The number of benzene rings is 2. The molecule has 0 aliphatic carbocycles. The number of hydrogen-bond acceptors (Lipinski definition) is 4. The molecule has 0 radical (unpaired) electrons. The van der Waals surface area contributed by atoms with E-state index >= 15 is 0 Å². The van der Waals surface area contributed by atoms with Gasteiger partial charge in [-0.3, -0.25) is 0 Å². The minimum atomic E-state index is 0.531. The fourth-order valence-corrected chi connectivity index (χ4v) is 1.80. The van der Waals surface area contributed by atoms with E-state index in [4.69, 9.17) is 16.2 Å². The largest absolute Gasteiger partial charge is 0.457 e. The molecular weight excluding hydrogens is 232 g/mol. The second-order valence-corrected chi connectivity index (χ2v) is 4.45. The molecule has 2 aromatic carbocycles. The minimum Gasteiger partial charge on any atom is -0.457 e. The third-order valence-electron chi connectivity index (χ3n) is 2.35. The predicted molar refractivity (Wildman–Crippen MR) is 73.6 cm³/mol. The highest BCUT2D eigenvalue weighted by Gasteiger charge is 2.00. The summed E-state index contributed by atoms with van der Waals surface area (Å²) in [6.07, 6.45) is 2.04. The Kier molecular flexibility index (Phi) is 3.44. The van der Waals surface area contributed by atoms with Crippen LogP contribution in [0.25, 0.3) is 0 Å². The third kappa shape index (κ3) is 2.85. The Balaban J connectivity index is 2.16. The summed E-state index contributed by atoms with van der Waals surface area (Å²) >= 11 is 1.70. The maximum Gasteiger partial charge on any atom is 0.129 e. The molecule has 3 nitrogen and oxygen atoms in total. The summed E-state index contributed by atoms with van der Waals surface area (Å²) in [5.74, 6) is 1.47. The van der Waals surface area contributed by atoms with Gasteiger partial charge < -0.3 is 16.2 Å². The molecule has 0 aliphatic rings. The lowest BCUT2D eigenvalue weighted by molar-refractivity contribution is 0.482. The van der Waals surface area contributed by atoms with Crippen molar-refractivity contribution in [2.45, 2.75) is 4.90 Å². The van der Waals surface area contributed by atoms with Gasteiger partial charge in [-0.25, -0.2) is 0 Å². The fraction of sp³-hybridized carbons (Fsp3) is 0.0769. The number of ether oxygens (including phenoxy) is 1. The second-order valence-electron chi connectivity index (χ2n) is 3.57. The summed E-state index contributed by atoms with van der Waals surface area (Å²) in [4.78, 5) is 1.20. The summed E-state index contributed by atoms with van der Waals surface area (Å²) in [5, 5.41) is 0. The number of nitrogen functional groups attached to an aromatic ring is 2. The lowest BCUT2D eigenvalue weighted by Gasteiger charge is -2.08. The van der Waals surface area contributed by atoms with Crippen LogP contribution in [0.4, 0.5) is 11.4 Å². The molecule has 4 N–H and O–H groups in total. The van der Waals surface area contributed by atoms with Gasteiger partial charge in [-0.15, -0.1) is 11.8 Å². The van der Waals surface area contributed by atoms with Crippen LogP contribution in [0.5, 0.6) is 11.5 Å². The number of anilines is 2. The first-order valence-corrected chi connectivity index (χ1v) is 6.38. The standard InChI is InChI=1S/C13H14N2OS/c1-17-11-5-2-9(3-6-11)16-10-4-7-12(14)13(15)8-10/h2-8H,14-15H2,1H3. The van der Waals surface area contributed by atoms with Gasteiger partial charge >= 0.3 is 0 Å². The van der Waals surface area contributed by atoms with Crippen LogP contribution < -0.4 is 16.2 Å². The molecule has 0 spiro atoms. The van der Waals surface area contributed by atoms with Gasteiger partial charge in [0.05, 0.1) is 11.4 Å². The molecule has 17 heavy (non-hydrogen) atoms. The molecule has 0 saturated carbocycles. The first-order chi connectivity index (χ1) is 8.19. The van der Waals surface area contributed by atoms with Crippen molar-refractivity contribution in [3.63, 3.8) is 0 Å². The monoisotopic (exact) mass is 246 g/mol. The van der Waals surface area contributed by atoms with E-state index in [0.29, 0.717) is 17.1 Å². The van der Waals surface area contributed by atoms with Gasteiger partial charge in [-0.2, -0.15) is 0 Å². The van der Waals surface area contributed by atoms with Crippen LogP contribution in [0.15, 0.2) is 47.4 Å². The second kappa shape index (κ2) is 5.01.